The summed E-state index contributed by atoms with van der Waals surface area (Å²) in [6.45, 7) is 0.413. The Morgan fingerprint density at radius 3 is 2.33 bits per heavy atom. The second-order valence-corrected chi connectivity index (χ2v) is 10.4. The number of nitrogens with zero attached hydrogens (tertiary/aromatic N) is 2. The first kappa shape index (κ1) is 32.8. The molecule has 0 saturated carbocycles. The summed E-state index contributed by atoms with van der Waals surface area (Å²) in [5.74, 6) is -1.70. The lowest BCUT2D eigenvalue weighted by Gasteiger charge is -2.37. The van der Waals surface area contributed by atoms with E-state index in [4.69, 9.17) is 14.7 Å². The van der Waals surface area contributed by atoms with Gasteiger partial charge in [0.25, 0.3) is 11.8 Å². The fourth-order valence-corrected chi connectivity index (χ4v) is 4.90. The van der Waals surface area contributed by atoms with Crippen LogP contribution in [0.2, 0.25) is 0 Å². The van der Waals surface area contributed by atoms with Gasteiger partial charge in [-0.3, -0.25) is 24.4 Å². The minimum atomic E-state index is -0.732. The number of hydrogen-bond acceptors (Lipinski definition) is 8. The highest BCUT2D eigenvalue weighted by Gasteiger charge is 2.34. The number of carbonyl (C=O) groups is 4. The maximum atomic E-state index is 13.6. The molecule has 1 aliphatic rings. The Labute approximate surface area is 261 Å². The number of allylic oxidation sites excluding steroid dienone is 2. The molecule has 45 heavy (non-hydrogen) atoms. The number of methoxy groups -OCH3 is 1. The lowest BCUT2D eigenvalue weighted by molar-refractivity contribution is -0.159. The number of ether oxygens (including phenoxy) is 2. The quantitative estimate of drug-likeness (QED) is 0.107. The Bertz CT molecular complexity index is 1520. The van der Waals surface area contributed by atoms with Gasteiger partial charge in [0.15, 0.2) is 0 Å². The average Bonchev–Trinajstić information content (AvgIpc) is 3.07. The zero-order valence-corrected chi connectivity index (χ0v) is 24.9. The first-order valence-electron chi connectivity index (χ1n) is 14.5. The van der Waals surface area contributed by atoms with Gasteiger partial charge in [0.1, 0.15) is 6.10 Å². The molecular formula is C34H36N4O7. The van der Waals surface area contributed by atoms with Crippen LogP contribution >= 0.6 is 0 Å². The van der Waals surface area contributed by atoms with Gasteiger partial charge in [-0.05, 0) is 47.7 Å². The standard InChI is InChI=1S/C34H36N4O7/c1-44-23-29-32(26-10-5-4-6-11-26)45-31(40)15-8-3-2-7-14-30(39)38(29)22-25-18-16-24(17-19-25)21-35-36-33(41)27-12-9-13-28(20-27)34(42)37-43/h2-6,9-13,16-21,29,32,43H,7-8,14-15,22-23H2,1H3,(H,36,41)(H,37,42)/b3-2+,35-21+/t29-,32-/m0/s1. The van der Waals surface area contributed by atoms with Crippen LogP contribution in [0.5, 0.6) is 0 Å². The van der Waals surface area contributed by atoms with Crippen molar-refractivity contribution in [1.82, 2.24) is 15.8 Å². The van der Waals surface area contributed by atoms with Crippen molar-refractivity contribution in [2.75, 3.05) is 13.7 Å². The highest BCUT2D eigenvalue weighted by atomic mass is 16.5. The van der Waals surface area contributed by atoms with Crippen molar-refractivity contribution in [3.8, 4) is 0 Å². The Hall–Kier alpha value is -5.13. The Morgan fingerprint density at radius 2 is 1.64 bits per heavy atom. The van der Waals surface area contributed by atoms with Crippen LogP contribution in [0, 0.1) is 0 Å². The summed E-state index contributed by atoms with van der Waals surface area (Å²) in [6, 6.07) is 22.0. The fraction of sp³-hybridized carbons (Fsp3) is 0.265. The number of esters is 1. The lowest BCUT2D eigenvalue weighted by Crippen LogP contribution is -2.47. The van der Waals surface area contributed by atoms with E-state index < -0.39 is 24.0 Å². The number of rotatable bonds is 9. The van der Waals surface area contributed by atoms with Crippen LogP contribution in [0.4, 0.5) is 0 Å². The highest BCUT2D eigenvalue weighted by Crippen LogP contribution is 2.29. The van der Waals surface area contributed by atoms with Crippen LogP contribution < -0.4 is 10.9 Å². The predicted molar refractivity (Wildman–Crippen MR) is 166 cm³/mol. The third-order valence-corrected chi connectivity index (χ3v) is 7.20. The molecule has 3 N–H and O–H groups in total. The predicted octanol–water partition coefficient (Wildman–Crippen LogP) is 4.33. The van der Waals surface area contributed by atoms with E-state index >= 15 is 0 Å². The number of amides is 3. The van der Waals surface area contributed by atoms with Gasteiger partial charge in [0, 0.05) is 37.6 Å². The summed E-state index contributed by atoms with van der Waals surface area (Å²) in [4.78, 5) is 52.3. The molecule has 11 heteroatoms. The molecule has 0 fully saturated rings. The summed E-state index contributed by atoms with van der Waals surface area (Å²) in [7, 11) is 1.56. The monoisotopic (exact) mass is 612 g/mol. The summed E-state index contributed by atoms with van der Waals surface area (Å²) in [5, 5.41) is 12.8. The molecule has 0 radical (unpaired) electrons. The van der Waals surface area contributed by atoms with E-state index in [0.29, 0.717) is 24.8 Å². The van der Waals surface area contributed by atoms with Gasteiger partial charge >= 0.3 is 5.97 Å². The third-order valence-electron chi connectivity index (χ3n) is 7.20. The van der Waals surface area contributed by atoms with Gasteiger partial charge in [0.05, 0.1) is 18.9 Å². The summed E-state index contributed by atoms with van der Waals surface area (Å²) in [5.41, 5.74) is 6.57. The smallest absolute Gasteiger partial charge is 0.306 e. The van der Waals surface area contributed by atoms with E-state index in [2.05, 4.69) is 10.5 Å². The second kappa shape index (κ2) is 16.6. The zero-order valence-electron chi connectivity index (χ0n) is 24.9. The molecule has 3 aromatic carbocycles. The molecule has 0 aliphatic carbocycles. The van der Waals surface area contributed by atoms with Crippen LogP contribution in [0.15, 0.2) is 96.1 Å². The van der Waals surface area contributed by atoms with E-state index in [9.17, 15) is 19.2 Å². The van der Waals surface area contributed by atoms with Crippen molar-refractivity contribution in [2.45, 2.75) is 44.4 Å². The van der Waals surface area contributed by atoms with Gasteiger partial charge < -0.3 is 14.4 Å². The first-order valence-corrected chi connectivity index (χ1v) is 14.5. The Kier molecular flexibility index (Phi) is 12.1. The van der Waals surface area contributed by atoms with Crippen molar-refractivity contribution in [3.05, 3.63) is 119 Å². The molecule has 0 spiro atoms. The molecule has 4 rings (SSSR count). The van der Waals surface area contributed by atoms with Crippen molar-refractivity contribution in [2.24, 2.45) is 5.10 Å². The maximum absolute atomic E-state index is 13.6. The highest BCUT2D eigenvalue weighted by molar-refractivity contribution is 5.99. The number of hydrazone groups is 1. The maximum Gasteiger partial charge on any atom is 0.306 e. The minimum Gasteiger partial charge on any atom is -0.455 e. The number of nitrogens with one attached hydrogen (secondary N) is 2. The molecule has 11 nitrogen and oxygen atoms in total. The van der Waals surface area contributed by atoms with Crippen molar-refractivity contribution >= 4 is 29.9 Å². The molecule has 0 bridgehead atoms. The minimum absolute atomic E-state index is 0.0897. The van der Waals surface area contributed by atoms with Crippen LogP contribution in [0.3, 0.4) is 0 Å². The lowest BCUT2D eigenvalue weighted by atomic mass is 9.99. The largest absolute Gasteiger partial charge is 0.455 e. The van der Waals surface area contributed by atoms with Gasteiger partial charge in [-0.1, -0.05) is 72.8 Å². The molecule has 3 aromatic rings. The van der Waals surface area contributed by atoms with Gasteiger partial charge in [-0.15, -0.1) is 0 Å². The summed E-state index contributed by atoms with van der Waals surface area (Å²) < 4.78 is 11.6. The van der Waals surface area contributed by atoms with Crippen molar-refractivity contribution < 1.29 is 33.9 Å². The molecule has 234 valence electrons. The van der Waals surface area contributed by atoms with E-state index in [1.165, 1.54) is 36.0 Å². The van der Waals surface area contributed by atoms with Crippen LogP contribution in [0.25, 0.3) is 0 Å². The average molecular weight is 613 g/mol. The van der Waals surface area contributed by atoms with Crippen molar-refractivity contribution in [1.29, 1.82) is 0 Å². The number of carbonyl (C=O) groups excluding carboxylic acids is 4. The van der Waals surface area contributed by atoms with Gasteiger partial charge in [-0.25, -0.2) is 10.9 Å². The van der Waals surface area contributed by atoms with Crippen LogP contribution in [-0.2, 0) is 25.6 Å². The molecule has 3 amide bonds. The molecular weight excluding hydrogens is 576 g/mol. The van der Waals surface area contributed by atoms with E-state index in [-0.39, 0.29) is 42.6 Å². The van der Waals surface area contributed by atoms with Gasteiger partial charge in [0.2, 0.25) is 5.91 Å². The molecule has 2 atom stereocenters. The van der Waals surface area contributed by atoms with Crippen molar-refractivity contribution in [3.63, 3.8) is 0 Å². The Balaban J connectivity index is 1.52. The number of hydroxylamine groups is 1. The Morgan fingerprint density at radius 1 is 0.956 bits per heavy atom. The van der Waals surface area contributed by atoms with E-state index in [1.54, 1.807) is 24.1 Å². The molecule has 0 unspecified atom stereocenters. The van der Waals surface area contributed by atoms with Gasteiger partial charge in [-0.2, -0.15) is 5.10 Å². The number of benzene rings is 3. The first-order chi connectivity index (χ1) is 21.9. The SMILES string of the molecule is COC[C@H]1[C@H](c2ccccc2)OC(=O)CC/C=C/CCC(=O)N1Cc1ccc(/C=N/NC(=O)c2cccc(C(=O)NO)c2)cc1. The zero-order chi connectivity index (χ0) is 32.0. The van der Waals surface area contributed by atoms with E-state index in [0.717, 1.165) is 11.1 Å². The number of cyclic esters (lactones) is 1. The third kappa shape index (κ3) is 9.43. The second-order valence-electron chi connectivity index (χ2n) is 10.4. The molecule has 1 heterocycles. The normalized spacial score (nSPS) is 18.4. The van der Waals surface area contributed by atoms with Crippen LogP contribution in [0.1, 0.15) is 69.2 Å². The topological polar surface area (TPSA) is 147 Å². The molecule has 0 saturated heterocycles. The summed E-state index contributed by atoms with van der Waals surface area (Å²) >= 11 is 0. The van der Waals surface area contributed by atoms with Crippen LogP contribution in [-0.4, -0.2) is 59.8 Å². The van der Waals surface area contributed by atoms with E-state index in [1.807, 2.05) is 54.6 Å². The molecule has 1 aliphatic heterocycles. The number of hydrogen-bond donors (Lipinski definition) is 3. The summed E-state index contributed by atoms with van der Waals surface area (Å²) in [6.07, 6.45) is 6.20. The molecule has 0 aromatic heterocycles. The fourth-order valence-electron chi connectivity index (χ4n) is 4.90.